The van der Waals surface area contributed by atoms with Crippen molar-refractivity contribution in [3.8, 4) is 23.0 Å². The van der Waals surface area contributed by atoms with E-state index in [0.717, 1.165) is 29.8 Å². The van der Waals surface area contributed by atoms with Gasteiger partial charge in [-0.25, -0.2) is 0 Å². The lowest BCUT2D eigenvalue weighted by atomic mass is 9.70. The van der Waals surface area contributed by atoms with Crippen LogP contribution in [0.25, 0.3) is 11.1 Å². The highest BCUT2D eigenvalue weighted by Crippen LogP contribution is 2.40. The summed E-state index contributed by atoms with van der Waals surface area (Å²) in [6.45, 7) is 15.2. The van der Waals surface area contributed by atoms with E-state index in [1.165, 1.54) is 53.5 Å². The maximum absolute atomic E-state index is 4.38. The molecule has 0 aliphatic rings. The van der Waals surface area contributed by atoms with E-state index in [1.54, 1.807) is 0 Å². The smallest absolute Gasteiger partial charge is 0.0386 e. The standard InChI is InChI=1S/C34H41N/c1-7-11-29-12-10-13-31(25-29)30-14-16-32(17-15-30)34(19-8-2,20-9-3)21-18-28(6)35-33-23-26(4)22-27(5)24-33/h10,12-17,22-25,35H,6,8-9,18-21H2,1-5H3. The largest absolute Gasteiger partial charge is 0.359 e. The summed E-state index contributed by atoms with van der Waals surface area (Å²) in [5.74, 6) is 6.17. The first-order valence-corrected chi connectivity index (χ1v) is 13.1. The molecule has 0 unspecified atom stereocenters. The number of nitrogens with one attached hydrogen (secondary N) is 1. The van der Waals surface area contributed by atoms with Gasteiger partial charge in [0.25, 0.3) is 0 Å². The summed E-state index contributed by atoms with van der Waals surface area (Å²) in [4.78, 5) is 0. The molecule has 182 valence electrons. The molecular formula is C34H41N. The molecule has 0 saturated heterocycles. The average Bonchev–Trinajstić information content (AvgIpc) is 2.83. The number of rotatable bonds is 11. The molecule has 0 spiro atoms. The summed E-state index contributed by atoms with van der Waals surface area (Å²) < 4.78 is 0. The fourth-order valence-electron chi connectivity index (χ4n) is 5.41. The Morgan fingerprint density at radius 2 is 1.49 bits per heavy atom. The van der Waals surface area contributed by atoms with Gasteiger partial charge in [-0.3, -0.25) is 0 Å². The summed E-state index contributed by atoms with van der Waals surface area (Å²) in [5.41, 5.74) is 9.95. The van der Waals surface area contributed by atoms with Gasteiger partial charge in [-0.1, -0.05) is 81.7 Å². The van der Waals surface area contributed by atoms with Crippen LogP contribution in [0.4, 0.5) is 5.69 Å². The van der Waals surface area contributed by atoms with E-state index < -0.39 is 0 Å². The quantitative estimate of drug-likeness (QED) is 0.279. The van der Waals surface area contributed by atoms with Crippen molar-refractivity contribution in [2.75, 3.05) is 5.32 Å². The Kier molecular flexibility index (Phi) is 9.39. The van der Waals surface area contributed by atoms with Crippen molar-refractivity contribution in [3.05, 3.63) is 101 Å². The third-order valence-corrected chi connectivity index (χ3v) is 6.87. The lowest BCUT2D eigenvalue weighted by molar-refractivity contribution is 0.330. The zero-order valence-corrected chi connectivity index (χ0v) is 22.3. The average molecular weight is 464 g/mol. The third-order valence-electron chi connectivity index (χ3n) is 6.87. The Morgan fingerprint density at radius 1 is 0.829 bits per heavy atom. The van der Waals surface area contributed by atoms with E-state index in [9.17, 15) is 0 Å². The third kappa shape index (κ3) is 7.12. The topological polar surface area (TPSA) is 12.0 Å². The van der Waals surface area contributed by atoms with Crippen LogP contribution < -0.4 is 5.32 Å². The SMILES string of the molecule is C=C(CCC(CCC)(CCC)c1ccc(-c2cccc(C#CC)c2)cc1)Nc1cc(C)cc(C)c1. The Bertz CT molecular complexity index is 1160. The number of hydrogen-bond donors (Lipinski definition) is 1. The van der Waals surface area contributed by atoms with Gasteiger partial charge in [0.05, 0.1) is 0 Å². The fraction of sp³-hybridized carbons (Fsp3) is 0.353. The predicted molar refractivity (Wildman–Crippen MR) is 154 cm³/mol. The van der Waals surface area contributed by atoms with Crippen LogP contribution in [0, 0.1) is 25.7 Å². The number of aryl methyl sites for hydroxylation is 2. The van der Waals surface area contributed by atoms with E-state index in [1.807, 2.05) is 6.92 Å². The van der Waals surface area contributed by atoms with Crippen LogP contribution in [0.5, 0.6) is 0 Å². The molecule has 1 nitrogen and oxygen atoms in total. The summed E-state index contributed by atoms with van der Waals surface area (Å²) in [7, 11) is 0. The van der Waals surface area contributed by atoms with E-state index >= 15 is 0 Å². The first kappa shape index (κ1) is 26.4. The predicted octanol–water partition coefficient (Wildman–Crippen LogP) is 9.59. The van der Waals surface area contributed by atoms with Gasteiger partial charge in [0.2, 0.25) is 0 Å². The van der Waals surface area contributed by atoms with Gasteiger partial charge in [0, 0.05) is 16.9 Å². The molecule has 0 fully saturated rings. The van der Waals surface area contributed by atoms with Crippen LogP contribution in [0.2, 0.25) is 0 Å². The van der Waals surface area contributed by atoms with E-state index in [-0.39, 0.29) is 5.41 Å². The second kappa shape index (κ2) is 12.5. The van der Waals surface area contributed by atoms with E-state index in [0.29, 0.717) is 0 Å². The highest BCUT2D eigenvalue weighted by atomic mass is 14.9. The molecular weight excluding hydrogens is 422 g/mol. The number of hydrogen-bond acceptors (Lipinski definition) is 1. The molecule has 3 aromatic carbocycles. The minimum absolute atomic E-state index is 0.171. The van der Waals surface area contributed by atoms with Gasteiger partial charge in [-0.15, -0.1) is 5.92 Å². The molecule has 0 aliphatic carbocycles. The fourth-order valence-corrected chi connectivity index (χ4v) is 5.41. The van der Waals surface area contributed by atoms with Crippen molar-refractivity contribution in [3.63, 3.8) is 0 Å². The van der Waals surface area contributed by atoms with Gasteiger partial charge in [-0.05, 0) is 104 Å². The Labute approximate surface area is 213 Å². The van der Waals surface area contributed by atoms with Gasteiger partial charge < -0.3 is 5.32 Å². The van der Waals surface area contributed by atoms with Crippen molar-refractivity contribution in [1.29, 1.82) is 0 Å². The zero-order chi connectivity index (χ0) is 25.3. The zero-order valence-electron chi connectivity index (χ0n) is 22.3. The summed E-state index contributed by atoms with van der Waals surface area (Å²) in [5, 5.41) is 3.57. The Hall–Kier alpha value is -3.24. The molecule has 1 heteroatoms. The van der Waals surface area contributed by atoms with Crippen molar-refractivity contribution in [1.82, 2.24) is 0 Å². The second-order valence-electron chi connectivity index (χ2n) is 9.92. The molecule has 1 N–H and O–H groups in total. The molecule has 3 aromatic rings. The van der Waals surface area contributed by atoms with Crippen molar-refractivity contribution in [2.45, 2.75) is 78.6 Å². The minimum atomic E-state index is 0.171. The Morgan fingerprint density at radius 3 is 2.09 bits per heavy atom. The minimum Gasteiger partial charge on any atom is -0.359 e. The maximum atomic E-state index is 4.38. The van der Waals surface area contributed by atoms with Crippen LogP contribution in [-0.4, -0.2) is 0 Å². The molecule has 0 aromatic heterocycles. The first-order chi connectivity index (χ1) is 16.9. The van der Waals surface area contributed by atoms with Gasteiger partial charge >= 0.3 is 0 Å². The normalized spacial score (nSPS) is 11.0. The van der Waals surface area contributed by atoms with Gasteiger partial charge in [-0.2, -0.15) is 0 Å². The van der Waals surface area contributed by atoms with Gasteiger partial charge in [0.15, 0.2) is 0 Å². The summed E-state index contributed by atoms with van der Waals surface area (Å²) in [6, 6.07) is 24.4. The van der Waals surface area contributed by atoms with Crippen LogP contribution in [0.1, 0.15) is 81.5 Å². The number of allylic oxidation sites excluding steroid dienone is 1. The second-order valence-corrected chi connectivity index (χ2v) is 9.92. The number of benzene rings is 3. The summed E-state index contributed by atoms with van der Waals surface area (Å²) >= 11 is 0. The molecule has 0 aliphatic heterocycles. The highest BCUT2D eigenvalue weighted by Gasteiger charge is 2.30. The molecule has 0 atom stereocenters. The molecule has 0 heterocycles. The lowest BCUT2D eigenvalue weighted by Crippen LogP contribution is -2.26. The summed E-state index contributed by atoms with van der Waals surface area (Å²) in [6.07, 6.45) is 6.81. The molecule has 0 bridgehead atoms. The molecule has 0 amide bonds. The molecule has 35 heavy (non-hydrogen) atoms. The van der Waals surface area contributed by atoms with Crippen LogP contribution in [0.3, 0.4) is 0 Å². The maximum Gasteiger partial charge on any atom is 0.0386 e. The highest BCUT2D eigenvalue weighted by molar-refractivity contribution is 5.66. The van der Waals surface area contributed by atoms with E-state index in [4.69, 9.17) is 0 Å². The first-order valence-electron chi connectivity index (χ1n) is 13.1. The Balaban J connectivity index is 1.81. The molecule has 0 saturated carbocycles. The monoisotopic (exact) mass is 463 g/mol. The van der Waals surface area contributed by atoms with Crippen LogP contribution in [0.15, 0.2) is 79.0 Å². The van der Waals surface area contributed by atoms with Gasteiger partial charge in [0.1, 0.15) is 0 Å². The van der Waals surface area contributed by atoms with Crippen molar-refractivity contribution in [2.24, 2.45) is 0 Å². The molecule has 3 rings (SSSR count). The van der Waals surface area contributed by atoms with E-state index in [2.05, 4.69) is 118 Å². The molecule has 0 radical (unpaired) electrons. The van der Waals surface area contributed by atoms with Crippen LogP contribution >= 0.6 is 0 Å². The van der Waals surface area contributed by atoms with Crippen molar-refractivity contribution >= 4 is 5.69 Å². The van der Waals surface area contributed by atoms with Crippen LogP contribution in [-0.2, 0) is 5.41 Å². The van der Waals surface area contributed by atoms with Crippen molar-refractivity contribution < 1.29 is 0 Å². The number of anilines is 1. The lowest BCUT2D eigenvalue weighted by Gasteiger charge is -2.35.